The molecule has 4 rings (SSSR count). The first-order valence-electron chi connectivity index (χ1n) is 9.82. The summed E-state index contributed by atoms with van der Waals surface area (Å²) >= 11 is 0. The number of aryl methyl sites for hydroxylation is 2. The Morgan fingerprint density at radius 1 is 1.11 bits per heavy atom. The number of hydrogen-bond donors (Lipinski definition) is 0. The minimum atomic E-state index is 0.0113. The Morgan fingerprint density at radius 3 is 2.70 bits per heavy atom. The van der Waals surface area contributed by atoms with Crippen LogP contribution < -0.4 is 0 Å². The molecule has 0 aromatic heterocycles. The van der Waals surface area contributed by atoms with E-state index in [1.165, 1.54) is 22.3 Å². The van der Waals surface area contributed by atoms with E-state index in [2.05, 4.69) is 43.3 Å². The molecular formula is C23H26N2O2. The average Bonchev–Trinajstić information content (AvgIpc) is 2.69. The molecule has 4 nitrogen and oxygen atoms in total. The van der Waals surface area contributed by atoms with Crippen molar-refractivity contribution >= 4 is 11.8 Å². The second-order valence-electron chi connectivity index (χ2n) is 7.67. The van der Waals surface area contributed by atoms with E-state index in [0.717, 1.165) is 25.8 Å². The second-order valence-corrected chi connectivity index (χ2v) is 7.67. The van der Waals surface area contributed by atoms with Gasteiger partial charge in [-0.2, -0.15) is 0 Å². The van der Waals surface area contributed by atoms with Crippen molar-refractivity contribution in [2.75, 3.05) is 19.6 Å². The molecule has 4 heteroatoms. The molecular weight excluding hydrogens is 336 g/mol. The molecule has 0 N–H and O–H groups in total. The SMILES string of the molecule is Cc1ccc(CCCC(=O)N2CC(=O)N3CCc4ccccc4C3C2)cc1. The molecule has 0 radical (unpaired) electrons. The molecule has 27 heavy (non-hydrogen) atoms. The molecule has 0 bridgehead atoms. The molecule has 1 fully saturated rings. The van der Waals surface area contributed by atoms with Gasteiger partial charge in [0.05, 0.1) is 12.6 Å². The molecule has 1 unspecified atom stereocenters. The van der Waals surface area contributed by atoms with Crippen LogP contribution in [-0.2, 0) is 22.4 Å². The van der Waals surface area contributed by atoms with Crippen LogP contribution in [0.1, 0.15) is 41.1 Å². The third-order valence-electron chi connectivity index (χ3n) is 5.78. The van der Waals surface area contributed by atoms with Crippen LogP contribution in [0.5, 0.6) is 0 Å². The first-order valence-corrected chi connectivity index (χ1v) is 9.82. The zero-order valence-electron chi connectivity index (χ0n) is 15.9. The van der Waals surface area contributed by atoms with Crippen molar-refractivity contribution in [3.8, 4) is 0 Å². The van der Waals surface area contributed by atoms with Gasteiger partial charge in [-0.1, -0.05) is 54.1 Å². The highest BCUT2D eigenvalue weighted by Gasteiger charge is 2.38. The Kier molecular flexibility index (Phi) is 4.97. The van der Waals surface area contributed by atoms with Crippen LogP contribution in [0.4, 0.5) is 0 Å². The van der Waals surface area contributed by atoms with Crippen LogP contribution in [0.25, 0.3) is 0 Å². The molecule has 140 valence electrons. The van der Waals surface area contributed by atoms with Crippen molar-refractivity contribution in [1.29, 1.82) is 0 Å². The van der Waals surface area contributed by atoms with E-state index >= 15 is 0 Å². The average molecular weight is 362 g/mol. The van der Waals surface area contributed by atoms with Crippen molar-refractivity contribution in [3.63, 3.8) is 0 Å². The lowest BCUT2D eigenvalue weighted by atomic mass is 9.90. The van der Waals surface area contributed by atoms with E-state index in [-0.39, 0.29) is 24.4 Å². The molecule has 0 saturated carbocycles. The number of carbonyl (C=O) groups excluding carboxylic acids is 2. The number of piperazine rings is 1. The summed E-state index contributed by atoms with van der Waals surface area (Å²) < 4.78 is 0. The van der Waals surface area contributed by atoms with Crippen molar-refractivity contribution in [2.24, 2.45) is 0 Å². The minimum Gasteiger partial charge on any atom is -0.332 e. The van der Waals surface area contributed by atoms with Crippen molar-refractivity contribution in [3.05, 3.63) is 70.8 Å². The highest BCUT2D eigenvalue weighted by molar-refractivity contribution is 5.86. The Balaban J connectivity index is 1.39. The maximum absolute atomic E-state index is 12.7. The molecule has 2 aromatic rings. The van der Waals surface area contributed by atoms with Crippen LogP contribution in [0, 0.1) is 6.92 Å². The molecule has 0 aliphatic carbocycles. The molecule has 2 heterocycles. The third kappa shape index (κ3) is 3.75. The Bertz CT molecular complexity index is 844. The molecule has 2 aromatic carbocycles. The summed E-state index contributed by atoms with van der Waals surface area (Å²) in [7, 11) is 0. The summed E-state index contributed by atoms with van der Waals surface area (Å²) in [5.74, 6) is 0.172. The Hall–Kier alpha value is -2.62. The quantitative estimate of drug-likeness (QED) is 0.837. The van der Waals surface area contributed by atoms with Gasteiger partial charge in [-0.15, -0.1) is 0 Å². The topological polar surface area (TPSA) is 40.6 Å². The number of rotatable bonds is 4. The fraction of sp³-hybridized carbons (Fsp3) is 0.391. The van der Waals surface area contributed by atoms with Gasteiger partial charge in [-0.3, -0.25) is 9.59 Å². The summed E-state index contributed by atoms with van der Waals surface area (Å²) in [4.78, 5) is 29.1. The maximum atomic E-state index is 12.7. The highest BCUT2D eigenvalue weighted by Crippen LogP contribution is 2.33. The number of hydrogen-bond acceptors (Lipinski definition) is 2. The van der Waals surface area contributed by atoms with Crippen molar-refractivity contribution in [2.45, 2.75) is 38.6 Å². The van der Waals surface area contributed by atoms with E-state index in [9.17, 15) is 9.59 Å². The number of benzene rings is 2. The van der Waals surface area contributed by atoms with Gasteiger partial charge >= 0.3 is 0 Å². The number of nitrogens with zero attached hydrogens (tertiary/aromatic N) is 2. The molecule has 1 saturated heterocycles. The summed E-state index contributed by atoms with van der Waals surface area (Å²) in [5, 5.41) is 0. The molecule has 1 atom stereocenters. The van der Waals surface area contributed by atoms with Crippen LogP contribution >= 0.6 is 0 Å². The van der Waals surface area contributed by atoms with E-state index in [1.54, 1.807) is 4.90 Å². The molecule has 2 aliphatic rings. The van der Waals surface area contributed by atoms with Gasteiger partial charge in [0.25, 0.3) is 0 Å². The lowest BCUT2D eigenvalue weighted by molar-refractivity contribution is -0.149. The monoisotopic (exact) mass is 362 g/mol. The summed E-state index contributed by atoms with van der Waals surface area (Å²) in [6.45, 7) is 3.68. The van der Waals surface area contributed by atoms with Gasteiger partial charge < -0.3 is 9.80 Å². The first-order chi connectivity index (χ1) is 13.1. The fourth-order valence-electron chi connectivity index (χ4n) is 4.22. The van der Waals surface area contributed by atoms with E-state index in [0.29, 0.717) is 13.0 Å². The van der Waals surface area contributed by atoms with Gasteiger partial charge in [-0.05, 0) is 42.9 Å². The summed E-state index contributed by atoms with van der Waals surface area (Å²) in [5.41, 5.74) is 5.02. The number of fused-ring (bicyclic) bond motifs is 3. The van der Waals surface area contributed by atoms with Gasteiger partial charge in [0.15, 0.2) is 0 Å². The minimum absolute atomic E-state index is 0.0113. The van der Waals surface area contributed by atoms with Gasteiger partial charge in [-0.25, -0.2) is 0 Å². The van der Waals surface area contributed by atoms with Gasteiger partial charge in [0, 0.05) is 19.5 Å². The zero-order valence-corrected chi connectivity index (χ0v) is 15.9. The smallest absolute Gasteiger partial charge is 0.242 e. The third-order valence-corrected chi connectivity index (χ3v) is 5.78. The predicted octanol–water partition coefficient (Wildman–Crippen LogP) is 3.29. The van der Waals surface area contributed by atoms with Crippen LogP contribution in [-0.4, -0.2) is 41.2 Å². The van der Waals surface area contributed by atoms with Crippen molar-refractivity contribution in [1.82, 2.24) is 9.80 Å². The number of amides is 2. The van der Waals surface area contributed by atoms with E-state index in [1.807, 2.05) is 17.0 Å². The Labute approximate surface area is 160 Å². The Morgan fingerprint density at radius 2 is 1.89 bits per heavy atom. The van der Waals surface area contributed by atoms with Crippen molar-refractivity contribution < 1.29 is 9.59 Å². The van der Waals surface area contributed by atoms with Gasteiger partial charge in [0.2, 0.25) is 11.8 Å². The van der Waals surface area contributed by atoms with E-state index in [4.69, 9.17) is 0 Å². The molecule has 2 aliphatic heterocycles. The summed E-state index contributed by atoms with van der Waals surface area (Å²) in [6.07, 6.45) is 3.11. The molecule has 2 amide bonds. The number of carbonyl (C=O) groups is 2. The normalized spacial score (nSPS) is 18.9. The lowest BCUT2D eigenvalue weighted by Crippen LogP contribution is -2.55. The lowest BCUT2D eigenvalue weighted by Gasteiger charge is -2.44. The van der Waals surface area contributed by atoms with E-state index < -0.39 is 0 Å². The molecule has 0 spiro atoms. The second kappa shape index (κ2) is 7.55. The first kappa shape index (κ1) is 17.8. The standard InChI is InChI=1S/C23H26N2O2/c1-17-9-11-18(12-10-17)5-4-8-22(26)24-15-21-20-7-3-2-6-19(20)13-14-25(21)23(27)16-24/h2-3,6-7,9-12,21H,4-5,8,13-16H2,1H3. The zero-order chi connectivity index (χ0) is 18.8. The van der Waals surface area contributed by atoms with Gasteiger partial charge in [0.1, 0.15) is 0 Å². The largest absolute Gasteiger partial charge is 0.332 e. The fourth-order valence-corrected chi connectivity index (χ4v) is 4.22. The van der Waals surface area contributed by atoms with Crippen LogP contribution in [0.2, 0.25) is 0 Å². The van der Waals surface area contributed by atoms with Crippen LogP contribution in [0.3, 0.4) is 0 Å². The summed E-state index contributed by atoms with van der Waals surface area (Å²) in [6, 6.07) is 16.8. The van der Waals surface area contributed by atoms with Crippen LogP contribution in [0.15, 0.2) is 48.5 Å². The maximum Gasteiger partial charge on any atom is 0.242 e. The predicted molar refractivity (Wildman–Crippen MR) is 105 cm³/mol. The highest BCUT2D eigenvalue weighted by atomic mass is 16.2.